The lowest BCUT2D eigenvalue weighted by Gasteiger charge is -2.49. The van der Waals surface area contributed by atoms with E-state index in [0.29, 0.717) is 53.5 Å². The second-order valence-corrected chi connectivity index (χ2v) is 11.0. The maximum Gasteiger partial charge on any atom is 0.263 e. The number of hydrogen-bond acceptors (Lipinski definition) is 10. The average Bonchev–Trinajstić information content (AvgIpc) is 3.00. The quantitative estimate of drug-likeness (QED) is 0.352. The molecule has 11 heteroatoms. The van der Waals surface area contributed by atoms with E-state index in [2.05, 4.69) is 38.2 Å². The van der Waals surface area contributed by atoms with Crippen LogP contribution >= 0.6 is 0 Å². The first-order chi connectivity index (χ1) is 19.8. The fraction of sp³-hybridized carbons (Fsp3) is 0.500. The highest BCUT2D eigenvalue weighted by Gasteiger charge is 2.43. The summed E-state index contributed by atoms with van der Waals surface area (Å²) in [5, 5.41) is 21.7. The summed E-state index contributed by atoms with van der Waals surface area (Å²) < 4.78 is 17.3. The molecule has 3 aromatic rings. The molecular formula is C30H36N6O5. The zero-order valence-electron chi connectivity index (χ0n) is 23.8. The van der Waals surface area contributed by atoms with E-state index in [-0.39, 0.29) is 30.3 Å². The Hall–Kier alpha value is -4.01. The van der Waals surface area contributed by atoms with Crippen LogP contribution in [0.3, 0.4) is 0 Å². The number of aryl methyl sites for hydroxylation is 1. The molecule has 1 fully saturated rings. The van der Waals surface area contributed by atoms with Gasteiger partial charge in [0.1, 0.15) is 11.9 Å². The van der Waals surface area contributed by atoms with Crippen molar-refractivity contribution in [3.63, 3.8) is 0 Å². The van der Waals surface area contributed by atoms with E-state index in [0.717, 1.165) is 43.5 Å². The van der Waals surface area contributed by atoms with Gasteiger partial charge in [0.15, 0.2) is 18.2 Å². The molecule has 3 aromatic heterocycles. The molecule has 2 aliphatic rings. The molecule has 0 spiro atoms. The van der Waals surface area contributed by atoms with Gasteiger partial charge in [-0.2, -0.15) is 5.26 Å². The fourth-order valence-corrected chi connectivity index (χ4v) is 5.68. The summed E-state index contributed by atoms with van der Waals surface area (Å²) in [6.07, 6.45) is 6.89. The van der Waals surface area contributed by atoms with Gasteiger partial charge in [-0.15, -0.1) is 0 Å². The van der Waals surface area contributed by atoms with Crippen molar-refractivity contribution in [1.29, 1.82) is 5.26 Å². The van der Waals surface area contributed by atoms with Gasteiger partial charge in [0.25, 0.3) is 5.91 Å². The summed E-state index contributed by atoms with van der Waals surface area (Å²) in [6, 6.07) is 9.66. The van der Waals surface area contributed by atoms with Crippen LogP contribution in [0.25, 0.3) is 11.0 Å². The Labute approximate surface area is 239 Å². The van der Waals surface area contributed by atoms with E-state index in [9.17, 15) is 10.1 Å². The SMILES string of the molecule is COC1(CCc2c(C#N)cnc3ccc(OCCCO)nc23)CCC(C)(N(C)c2ccc3c(n2)NC(=O)CO3)CC1. The Balaban J connectivity index is 1.31. The minimum atomic E-state index is -0.344. The zero-order valence-corrected chi connectivity index (χ0v) is 23.8. The number of aromatic nitrogens is 3. The van der Waals surface area contributed by atoms with Gasteiger partial charge < -0.3 is 29.5 Å². The number of carbonyl (C=O) groups is 1. The standard InChI is InChI=1S/C30H36N6O5/c1-29(36(2)24-7-6-23-28(33-24)34-25(38)19-41-23)11-13-30(39-3,14-12-29)10-9-21-20(17-31)18-32-22-5-8-26(35-27(21)22)40-16-4-15-37/h5-8,18,37H,4,9-16,19H2,1-3H3,(H,33,34,38). The Morgan fingerprint density at radius 3 is 2.73 bits per heavy atom. The second kappa shape index (κ2) is 11.8. The Morgan fingerprint density at radius 2 is 2.00 bits per heavy atom. The Kier molecular flexibility index (Phi) is 8.24. The molecule has 0 atom stereocenters. The van der Waals surface area contributed by atoms with E-state index in [1.165, 1.54) is 0 Å². The maximum atomic E-state index is 11.8. The van der Waals surface area contributed by atoms with Crippen molar-refractivity contribution in [3.05, 3.63) is 41.6 Å². The summed E-state index contributed by atoms with van der Waals surface area (Å²) >= 11 is 0. The molecular weight excluding hydrogens is 524 g/mol. The Bertz CT molecular complexity index is 1460. The predicted molar refractivity (Wildman–Crippen MR) is 153 cm³/mol. The summed E-state index contributed by atoms with van der Waals surface area (Å²) in [7, 11) is 3.80. The predicted octanol–water partition coefficient (Wildman–Crippen LogP) is 3.78. The number of pyridine rings is 3. The molecule has 1 aliphatic carbocycles. The van der Waals surface area contributed by atoms with Gasteiger partial charge >= 0.3 is 0 Å². The van der Waals surface area contributed by atoms with Crippen LogP contribution in [0.5, 0.6) is 11.6 Å². The number of ether oxygens (including phenoxy) is 3. The van der Waals surface area contributed by atoms with Crippen LogP contribution in [-0.2, 0) is 16.0 Å². The van der Waals surface area contributed by atoms with Gasteiger partial charge in [0.2, 0.25) is 5.88 Å². The van der Waals surface area contributed by atoms with Crippen molar-refractivity contribution in [2.75, 3.05) is 44.2 Å². The van der Waals surface area contributed by atoms with Crippen molar-refractivity contribution in [3.8, 4) is 17.7 Å². The molecule has 0 saturated heterocycles. The number of carbonyl (C=O) groups excluding carboxylic acids is 1. The van der Waals surface area contributed by atoms with Gasteiger partial charge in [-0.25, -0.2) is 9.97 Å². The molecule has 1 amide bonds. The van der Waals surface area contributed by atoms with E-state index in [1.54, 1.807) is 19.4 Å². The molecule has 0 radical (unpaired) electrons. The highest BCUT2D eigenvalue weighted by molar-refractivity contribution is 5.94. The Morgan fingerprint density at radius 1 is 1.20 bits per heavy atom. The molecule has 216 valence electrons. The molecule has 1 saturated carbocycles. The number of nitriles is 1. The number of nitrogens with zero attached hydrogens (tertiary/aromatic N) is 5. The lowest BCUT2D eigenvalue weighted by atomic mass is 9.72. The van der Waals surface area contributed by atoms with Crippen LogP contribution in [0.15, 0.2) is 30.5 Å². The first-order valence-electron chi connectivity index (χ1n) is 13.9. The van der Waals surface area contributed by atoms with Crippen molar-refractivity contribution >= 4 is 28.6 Å². The topological polar surface area (TPSA) is 143 Å². The van der Waals surface area contributed by atoms with Crippen LogP contribution in [-0.4, -0.2) is 71.1 Å². The van der Waals surface area contributed by atoms with Crippen LogP contribution < -0.4 is 19.7 Å². The molecule has 0 unspecified atom stereocenters. The molecule has 1 aliphatic heterocycles. The number of hydrogen-bond donors (Lipinski definition) is 2. The minimum absolute atomic E-state index is 0.00145. The van der Waals surface area contributed by atoms with Crippen LogP contribution in [0.4, 0.5) is 11.6 Å². The number of anilines is 2. The van der Waals surface area contributed by atoms with E-state index in [4.69, 9.17) is 19.3 Å². The summed E-state index contributed by atoms with van der Waals surface area (Å²) in [4.78, 5) is 27.7. The zero-order chi connectivity index (χ0) is 29.0. The smallest absolute Gasteiger partial charge is 0.263 e. The van der Waals surface area contributed by atoms with Crippen LogP contribution in [0, 0.1) is 11.3 Å². The van der Waals surface area contributed by atoms with Gasteiger partial charge in [-0.3, -0.25) is 9.78 Å². The lowest BCUT2D eigenvalue weighted by Crippen LogP contribution is -2.51. The lowest BCUT2D eigenvalue weighted by molar-refractivity contribution is -0.118. The average molecular weight is 561 g/mol. The molecule has 41 heavy (non-hydrogen) atoms. The highest BCUT2D eigenvalue weighted by Crippen LogP contribution is 2.44. The monoisotopic (exact) mass is 560 g/mol. The van der Waals surface area contributed by atoms with Gasteiger partial charge in [0, 0.05) is 45.0 Å². The summed E-state index contributed by atoms with van der Waals surface area (Å²) in [5.74, 6) is 2.04. The first kappa shape index (κ1) is 28.5. The number of aliphatic hydroxyl groups excluding tert-OH is 1. The molecule has 5 rings (SSSR count). The molecule has 0 bridgehead atoms. The van der Waals surface area contributed by atoms with Crippen molar-refractivity contribution in [2.24, 2.45) is 0 Å². The van der Waals surface area contributed by atoms with Gasteiger partial charge in [-0.1, -0.05) is 0 Å². The molecule has 0 aromatic carbocycles. The summed E-state index contributed by atoms with van der Waals surface area (Å²) in [5.41, 5.74) is 2.20. The van der Waals surface area contributed by atoms with E-state index in [1.807, 2.05) is 25.2 Å². The second-order valence-electron chi connectivity index (χ2n) is 11.0. The number of fused-ring (bicyclic) bond motifs is 2. The normalized spacial score (nSPS) is 21.9. The van der Waals surface area contributed by atoms with Gasteiger partial charge in [-0.05, 0) is 69.2 Å². The number of rotatable bonds is 10. The third-order valence-electron chi connectivity index (χ3n) is 8.58. The molecule has 11 nitrogen and oxygen atoms in total. The molecule has 4 heterocycles. The van der Waals surface area contributed by atoms with E-state index < -0.39 is 0 Å². The number of amides is 1. The summed E-state index contributed by atoms with van der Waals surface area (Å²) in [6.45, 7) is 2.64. The third kappa shape index (κ3) is 5.89. The number of aliphatic hydroxyl groups is 1. The van der Waals surface area contributed by atoms with E-state index >= 15 is 0 Å². The highest BCUT2D eigenvalue weighted by atomic mass is 16.5. The number of methoxy groups -OCH3 is 1. The minimum Gasteiger partial charge on any atom is -0.480 e. The number of nitrogens with one attached hydrogen (secondary N) is 1. The van der Waals surface area contributed by atoms with Crippen molar-refractivity contribution in [1.82, 2.24) is 15.0 Å². The van der Waals surface area contributed by atoms with Crippen molar-refractivity contribution < 1.29 is 24.1 Å². The first-order valence-corrected chi connectivity index (χ1v) is 13.9. The third-order valence-corrected chi connectivity index (χ3v) is 8.58. The maximum absolute atomic E-state index is 11.8. The van der Waals surface area contributed by atoms with Gasteiger partial charge in [0.05, 0.1) is 28.8 Å². The van der Waals surface area contributed by atoms with Crippen LogP contribution in [0.2, 0.25) is 0 Å². The fourth-order valence-electron chi connectivity index (χ4n) is 5.68. The largest absolute Gasteiger partial charge is 0.480 e. The molecule has 2 N–H and O–H groups in total. The van der Waals surface area contributed by atoms with Crippen molar-refractivity contribution in [2.45, 2.75) is 63.0 Å². The van der Waals surface area contributed by atoms with Crippen LogP contribution in [0.1, 0.15) is 56.6 Å².